The summed E-state index contributed by atoms with van der Waals surface area (Å²) in [6.45, 7) is 1.43. The zero-order valence-corrected chi connectivity index (χ0v) is 18.4. The van der Waals surface area contributed by atoms with Gasteiger partial charge in [-0.1, -0.05) is 55.5 Å². The van der Waals surface area contributed by atoms with Gasteiger partial charge in [0.1, 0.15) is 5.82 Å². The van der Waals surface area contributed by atoms with Gasteiger partial charge in [0.2, 0.25) is 5.91 Å². The van der Waals surface area contributed by atoms with Crippen LogP contribution in [0, 0.1) is 5.82 Å². The van der Waals surface area contributed by atoms with E-state index in [0.29, 0.717) is 28.2 Å². The second-order valence-electron chi connectivity index (χ2n) is 7.79. The van der Waals surface area contributed by atoms with Crippen LogP contribution < -0.4 is 5.32 Å². The summed E-state index contributed by atoms with van der Waals surface area (Å²) in [7, 11) is 0. The molecule has 7 heteroatoms. The summed E-state index contributed by atoms with van der Waals surface area (Å²) < 4.78 is 41.8. The summed E-state index contributed by atoms with van der Waals surface area (Å²) in [5.74, 6) is -3.54. The maximum absolute atomic E-state index is 14.3. The number of carbonyl (C=O) groups is 1. The molecule has 0 unspecified atom stereocenters. The van der Waals surface area contributed by atoms with Crippen LogP contribution in [-0.2, 0) is 17.1 Å². The summed E-state index contributed by atoms with van der Waals surface area (Å²) in [5.41, 5.74) is 3.16. The average molecular weight is 461 g/mol. The number of amides is 1. The first-order chi connectivity index (χ1) is 16.4. The van der Waals surface area contributed by atoms with Crippen LogP contribution in [0.15, 0.2) is 85.2 Å². The fraction of sp³-hybridized carbons (Fsp3) is 0.148. The molecular weight excluding hydrogens is 439 g/mol. The largest absolute Gasteiger partial charge is 0.326 e. The van der Waals surface area contributed by atoms with Gasteiger partial charge in [0.15, 0.2) is 0 Å². The Morgan fingerprint density at radius 1 is 0.882 bits per heavy atom. The molecule has 0 fully saturated rings. The Kier molecular flexibility index (Phi) is 6.72. The van der Waals surface area contributed by atoms with Gasteiger partial charge in [-0.2, -0.15) is 0 Å². The number of halogens is 3. The first kappa shape index (κ1) is 23.2. The van der Waals surface area contributed by atoms with Gasteiger partial charge in [-0.3, -0.25) is 14.8 Å². The van der Waals surface area contributed by atoms with E-state index in [2.05, 4.69) is 15.3 Å². The lowest BCUT2D eigenvalue weighted by molar-refractivity contribution is -0.115. The van der Waals surface area contributed by atoms with Gasteiger partial charge in [-0.15, -0.1) is 0 Å². The van der Waals surface area contributed by atoms with Crippen LogP contribution in [0.3, 0.4) is 0 Å². The molecule has 0 aliphatic rings. The molecule has 0 saturated heterocycles. The molecule has 0 radical (unpaired) electrons. The summed E-state index contributed by atoms with van der Waals surface area (Å²) in [6, 6.07) is 19.1. The quantitative estimate of drug-likeness (QED) is 0.336. The van der Waals surface area contributed by atoms with Crippen LogP contribution in [-0.4, -0.2) is 15.9 Å². The minimum absolute atomic E-state index is 0.0569. The van der Waals surface area contributed by atoms with Crippen LogP contribution in [0.2, 0.25) is 0 Å². The first-order valence-electron chi connectivity index (χ1n) is 10.8. The maximum Gasteiger partial charge on any atom is 0.273 e. The smallest absolute Gasteiger partial charge is 0.273 e. The van der Waals surface area contributed by atoms with Crippen molar-refractivity contribution >= 4 is 11.6 Å². The van der Waals surface area contributed by atoms with E-state index >= 15 is 0 Å². The highest BCUT2D eigenvalue weighted by Crippen LogP contribution is 2.32. The Morgan fingerprint density at radius 2 is 1.53 bits per heavy atom. The highest BCUT2D eigenvalue weighted by atomic mass is 19.3. The lowest BCUT2D eigenvalue weighted by Crippen LogP contribution is -2.15. The maximum atomic E-state index is 14.3. The van der Waals surface area contributed by atoms with E-state index in [9.17, 15) is 18.0 Å². The summed E-state index contributed by atoms with van der Waals surface area (Å²) in [5, 5.41) is 2.80. The number of aromatic nitrogens is 2. The Hall–Kier alpha value is -4.00. The molecule has 3 aromatic carbocycles. The average Bonchev–Trinajstić information content (AvgIpc) is 2.85. The second-order valence-corrected chi connectivity index (χ2v) is 7.79. The number of rotatable bonds is 7. The third-order valence-electron chi connectivity index (χ3n) is 5.45. The van der Waals surface area contributed by atoms with Crippen molar-refractivity contribution in [3.05, 3.63) is 102 Å². The van der Waals surface area contributed by atoms with E-state index in [-0.39, 0.29) is 30.1 Å². The Labute approximate surface area is 195 Å². The van der Waals surface area contributed by atoms with Crippen LogP contribution in [0.4, 0.5) is 18.9 Å². The van der Waals surface area contributed by atoms with Gasteiger partial charge in [0.25, 0.3) is 5.92 Å². The molecule has 4 rings (SSSR count). The molecule has 1 heterocycles. The monoisotopic (exact) mass is 461 g/mol. The van der Waals surface area contributed by atoms with Gasteiger partial charge in [0, 0.05) is 41.2 Å². The van der Waals surface area contributed by atoms with Gasteiger partial charge in [-0.25, -0.2) is 13.2 Å². The molecule has 172 valence electrons. The van der Waals surface area contributed by atoms with Crippen molar-refractivity contribution in [2.75, 3.05) is 5.32 Å². The minimum Gasteiger partial charge on any atom is -0.326 e. The van der Waals surface area contributed by atoms with Crippen molar-refractivity contribution in [2.24, 2.45) is 0 Å². The van der Waals surface area contributed by atoms with E-state index in [0.717, 1.165) is 5.56 Å². The number of hydrogen-bond donors (Lipinski definition) is 1. The standard InChI is InChI=1S/C27H22F3N3O/c1-2-27(29,30)20-11-7-18(8-12-20)17-24(34)33-21-13-9-19(10-14-21)25-26(32-16-15-31-25)22-5-3-4-6-23(22)28/h3-16H,2,17H2,1H3,(H,33,34). The SMILES string of the molecule is CCC(F)(F)c1ccc(CC(=O)Nc2ccc(-c3nccnc3-c3ccccc3F)cc2)cc1. The van der Waals surface area contributed by atoms with Crippen LogP contribution in [0.5, 0.6) is 0 Å². The fourth-order valence-electron chi connectivity index (χ4n) is 3.57. The third kappa shape index (κ3) is 5.14. The molecule has 0 atom stereocenters. The molecule has 0 spiro atoms. The molecule has 1 amide bonds. The minimum atomic E-state index is -2.88. The van der Waals surface area contributed by atoms with Crippen molar-refractivity contribution in [1.29, 1.82) is 0 Å². The predicted octanol–water partition coefficient (Wildman–Crippen LogP) is 6.63. The number of carbonyl (C=O) groups excluding carboxylic acids is 1. The molecule has 0 aliphatic heterocycles. The van der Waals surface area contributed by atoms with E-state index in [1.165, 1.54) is 37.5 Å². The van der Waals surface area contributed by atoms with Gasteiger partial charge >= 0.3 is 0 Å². The zero-order chi connectivity index (χ0) is 24.1. The lowest BCUT2D eigenvalue weighted by atomic mass is 10.0. The van der Waals surface area contributed by atoms with E-state index in [1.54, 1.807) is 54.6 Å². The number of nitrogens with zero attached hydrogens (tertiary/aromatic N) is 2. The number of anilines is 1. The van der Waals surface area contributed by atoms with Crippen LogP contribution >= 0.6 is 0 Å². The number of hydrogen-bond acceptors (Lipinski definition) is 3. The first-order valence-corrected chi connectivity index (χ1v) is 10.8. The van der Waals surface area contributed by atoms with Gasteiger partial charge in [0.05, 0.1) is 17.8 Å². The molecule has 0 bridgehead atoms. The Morgan fingerprint density at radius 3 is 2.18 bits per heavy atom. The van der Waals surface area contributed by atoms with Crippen LogP contribution in [0.1, 0.15) is 24.5 Å². The summed E-state index contributed by atoms with van der Waals surface area (Å²) in [6.07, 6.45) is 2.83. The van der Waals surface area contributed by atoms with Gasteiger partial charge in [-0.05, 0) is 29.8 Å². The van der Waals surface area contributed by atoms with Crippen LogP contribution in [0.25, 0.3) is 22.5 Å². The lowest BCUT2D eigenvalue weighted by Gasteiger charge is -2.14. The summed E-state index contributed by atoms with van der Waals surface area (Å²) >= 11 is 0. The topological polar surface area (TPSA) is 54.9 Å². The number of nitrogens with one attached hydrogen (secondary N) is 1. The highest BCUT2D eigenvalue weighted by molar-refractivity contribution is 5.92. The van der Waals surface area contributed by atoms with Crippen molar-refractivity contribution in [3.8, 4) is 22.5 Å². The number of alkyl halides is 2. The molecule has 34 heavy (non-hydrogen) atoms. The van der Waals surface area contributed by atoms with Crippen molar-refractivity contribution < 1.29 is 18.0 Å². The van der Waals surface area contributed by atoms with Gasteiger partial charge < -0.3 is 5.32 Å². The predicted molar refractivity (Wildman–Crippen MR) is 126 cm³/mol. The normalized spacial score (nSPS) is 11.3. The van der Waals surface area contributed by atoms with E-state index in [4.69, 9.17) is 0 Å². The molecule has 4 aromatic rings. The molecule has 0 aliphatic carbocycles. The molecule has 4 nitrogen and oxygen atoms in total. The molecular formula is C27H22F3N3O. The third-order valence-corrected chi connectivity index (χ3v) is 5.45. The highest BCUT2D eigenvalue weighted by Gasteiger charge is 2.28. The molecule has 1 N–H and O–H groups in total. The zero-order valence-electron chi connectivity index (χ0n) is 18.4. The van der Waals surface area contributed by atoms with Crippen molar-refractivity contribution in [3.63, 3.8) is 0 Å². The molecule has 0 saturated carbocycles. The van der Waals surface area contributed by atoms with E-state index in [1.807, 2.05) is 0 Å². The van der Waals surface area contributed by atoms with E-state index < -0.39 is 5.92 Å². The summed E-state index contributed by atoms with van der Waals surface area (Å²) in [4.78, 5) is 21.1. The molecule has 1 aromatic heterocycles. The Balaban J connectivity index is 1.46. The second kappa shape index (κ2) is 9.87. The fourth-order valence-corrected chi connectivity index (χ4v) is 3.57. The Bertz CT molecular complexity index is 1290. The van der Waals surface area contributed by atoms with Crippen molar-refractivity contribution in [1.82, 2.24) is 9.97 Å². The van der Waals surface area contributed by atoms with Crippen molar-refractivity contribution in [2.45, 2.75) is 25.7 Å². The number of benzene rings is 3.